The van der Waals surface area contributed by atoms with Gasteiger partial charge in [-0.25, -0.2) is 9.78 Å². The first-order valence-electron chi connectivity index (χ1n) is 14.5. The third-order valence-electron chi connectivity index (χ3n) is 8.13. The molecule has 7 nitrogen and oxygen atoms in total. The summed E-state index contributed by atoms with van der Waals surface area (Å²) < 4.78 is 8.52. The van der Waals surface area contributed by atoms with Crippen molar-refractivity contribution in [2.45, 2.75) is 44.8 Å². The minimum atomic E-state index is -0.961. The monoisotopic (exact) mass is 593 g/mol. The van der Waals surface area contributed by atoms with Crippen LogP contribution >= 0.6 is 11.6 Å². The van der Waals surface area contributed by atoms with E-state index < -0.39 is 5.97 Å². The van der Waals surface area contributed by atoms with Crippen LogP contribution < -0.4 is 10.1 Å². The summed E-state index contributed by atoms with van der Waals surface area (Å²) in [5.74, 6) is 0.394. The molecule has 0 aliphatic heterocycles. The Hall–Kier alpha value is -4.62. The molecule has 0 bridgehead atoms. The zero-order valence-corrected chi connectivity index (χ0v) is 24.6. The number of nitrogens with one attached hydrogen (secondary N) is 1. The van der Waals surface area contributed by atoms with E-state index in [1.165, 1.54) is 19.3 Å². The quantitative estimate of drug-likeness (QED) is 0.189. The first-order chi connectivity index (χ1) is 20.9. The number of nitrogens with zero attached hydrogens (tertiary/aromatic N) is 2. The van der Waals surface area contributed by atoms with Crippen LogP contribution in [0, 0.1) is 0 Å². The minimum Gasteiger partial charge on any atom is -0.489 e. The Morgan fingerprint density at radius 2 is 1.60 bits per heavy atom. The molecule has 2 N–H and O–H groups in total. The van der Waals surface area contributed by atoms with Gasteiger partial charge in [0.15, 0.2) is 0 Å². The van der Waals surface area contributed by atoms with Crippen molar-refractivity contribution >= 4 is 34.5 Å². The summed E-state index contributed by atoms with van der Waals surface area (Å²) in [5, 5.41) is 12.9. The number of carboxylic acids is 1. The predicted octanol–water partition coefficient (Wildman–Crippen LogP) is 8.17. The molecule has 0 radical (unpaired) electrons. The summed E-state index contributed by atoms with van der Waals surface area (Å²) in [6.07, 6.45) is 5.72. The second-order valence-electron chi connectivity index (χ2n) is 10.9. The Kier molecular flexibility index (Phi) is 8.16. The first-order valence-corrected chi connectivity index (χ1v) is 14.9. The number of aromatic nitrogens is 2. The predicted molar refractivity (Wildman–Crippen MR) is 169 cm³/mol. The van der Waals surface area contributed by atoms with Crippen molar-refractivity contribution < 1.29 is 19.4 Å². The topological polar surface area (TPSA) is 93.4 Å². The fraction of sp³-hybridized carbons (Fsp3) is 0.229. The number of benzene rings is 4. The molecule has 0 spiro atoms. The van der Waals surface area contributed by atoms with Crippen LogP contribution in [0.4, 0.5) is 0 Å². The molecule has 8 heteroatoms. The normalized spacial score (nSPS) is 13.6. The zero-order chi connectivity index (χ0) is 29.9. The summed E-state index contributed by atoms with van der Waals surface area (Å²) in [7, 11) is 1.61. The van der Waals surface area contributed by atoms with Gasteiger partial charge >= 0.3 is 5.97 Å². The number of rotatable bonds is 8. The molecule has 0 unspecified atom stereocenters. The lowest BCUT2D eigenvalue weighted by Gasteiger charge is -2.25. The van der Waals surface area contributed by atoms with Crippen LogP contribution in [0.1, 0.15) is 64.4 Å². The molecule has 1 aromatic heterocycles. The second-order valence-corrected chi connectivity index (χ2v) is 11.3. The largest absolute Gasteiger partial charge is 0.489 e. The van der Waals surface area contributed by atoms with Gasteiger partial charge in [-0.2, -0.15) is 0 Å². The fourth-order valence-corrected chi connectivity index (χ4v) is 6.04. The van der Waals surface area contributed by atoms with Crippen molar-refractivity contribution in [2.75, 3.05) is 7.05 Å². The van der Waals surface area contributed by atoms with Crippen LogP contribution in [-0.4, -0.2) is 33.6 Å². The summed E-state index contributed by atoms with van der Waals surface area (Å²) in [6.45, 7) is 0.265. The highest BCUT2D eigenvalue weighted by Crippen LogP contribution is 2.37. The van der Waals surface area contributed by atoms with E-state index in [9.17, 15) is 14.7 Å². The Morgan fingerprint density at radius 3 is 2.30 bits per heavy atom. The van der Waals surface area contributed by atoms with E-state index in [0.29, 0.717) is 27.9 Å². The summed E-state index contributed by atoms with van der Waals surface area (Å²) in [6, 6.07) is 26.5. The number of hydrogen-bond acceptors (Lipinski definition) is 4. The van der Waals surface area contributed by atoms with E-state index >= 15 is 0 Å². The lowest BCUT2D eigenvalue weighted by atomic mass is 9.95. The number of hydrogen-bond donors (Lipinski definition) is 2. The van der Waals surface area contributed by atoms with Gasteiger partial charge < -0.3 is 19.7 Å². The van der Waals surface area contributed by atoms with Crippen LogP contribution in [0.25, 0.3) is 33.5 Å². The van der Waals surface area contributed by atoms with E-state index in [4.69, 9.17) is 21.3 Å². The highest BCUT2D eigenvalue weighted by atomic mass is 35.5. The Labute approximate surface area is 255 Å². The highest BCUT2D eigenvalue weighted by molar-refractivity contribution is 6.30. The van der Waals surface area contributed by atoms with Crippen molar-refractivity contribution in [1.82, 2.24) is 14.9 Å². The number of imidazole rings is 1. The van der Waals surface area contributed by atoms with Crippen LogP contribution in [0.2, 0.25) is 5.02 Å². The average molecular weight is 594 g/mol. The van der Waals surface area contributed by atoms with E-state index in [0.717, 1.165) is 46.4 Å². The molecule has 1 aliphatic rings. The van der Waals surface area contributed by atoms with Crippen LogP contribution in [-0.2, 0) is 6.61 Å². The Balaban J connectivity index is 1.30. The molecule has 218 valence electrons. The molecule has 4 aromatic carbocycles. The molecule has 6 rings (SSSR count). The molecule has 43 heavy (non-hydrogen) atoms. The SMILES string of the molecule is CNC(=O)c1ccc(-c2ccc(Cl)cc2)c(COc2ccc(-c3nc4cc(C(=O)O)ccc4n3C3CCCCC3)cc2)c1. The van der Waals surface area contributed by atoms with Gasteiger partial charge in [0.1, 0.15) is 18.2 Å². The van der Waals surface area contributed by atoms with Gasteiger partial charge in [0.25, 0.3) is 5.91 Å². The molecule has 0 saturated heterocycles. The fourth-order valence-electron chi connectivity index (χ4n) is 5.92. The zero-order valence-electron chi connectivity index (χ0n) is 23.8. The third kappa shape index (κ3) is 5.99. The number of carbonyl (C=O) groups excluding carboxylic acids is 1. The average Bonchev–Trinajstić information content (AvgIpc) is 3.43. The third-order valence-corrected chi connectivity index (χ3v) is 8.38. The van der Waals surface area contributed by atoms with Crippen LogP contribution in [0.5, 0.6) is 5.75 Å². The number of halogens is 1. The number of fused-ring (bicyclic) bond motifs is 1. The van der Waals surface area contributed by atoms with Gasteiger partial charge in [0.05, 0.1) is 16.6 Å². The first kappa shape index (κ1) is 28.5. The lowest BCUT2D eigenvalue weighted by Crippen LogP contribution is -2.18. The summed E-state index contributed by atoms with van der Waals surface area (Å²) in [4.78, 5) is 28.9. The van der Waals surface area contributed by atoms with E-state index in [1.807, 2.05) is 66.7 Å². The van der Waals surface area contributed by atoms with Gasteiger partial charge in [-0.05, 0) is 96.3 Å². The summed E-state index contributed by atoms with van der Waals surface area (Å²) >= 11 is 6.11. The molecule has 5 aromatic rings. The summed E-state index contributed by atoms with van der Waals surface area (Å²) in [5.41, 5.74) is 6.19. The Bertz CT molecular complexity index is 1790. The maximum absolute atomic E-state index is 12.4. The number of amides is 1. The smallest absolute Gasteiger partial charge is 0.335 e. The molecular weight excluding hydrogens is 562 g/mol. The van der Waals surface area contributed by atoms with Crippen molar-refractivity contribution in [3.8, 4) is 28.3 Å². The van der Waals surface area contributed by atoms with Crippen molar-refractivity contribution in [3.63, 3.8) is 0 Å². The van der Waals surface area contributed by atoms with E-state index in [1.54, 1.807) is 25.2 Å². The van der Waals surface area contributed by atoms with Gasteiger partial charge in [-0.1, -0.05) is 49.1 Å². The second kappa shape index (κ2) is 12.3. The Morgan fingerprint density at radius 1 is 0.907 bits per heavy atom. The molecule has 1 amide bonds. The van der Waals surface area contributed by atoms with Crippen LogP contribution in [0.15, 0.2) is 84.9 Å². The molecule has 0 atom stereocenters. The maximum atomic E-state index is 12.4. The van der Waals surface area contributed by atoms with Crippen molar-refractivity contribution in [1.29, 1.82) is 0 Å². The lowest BCUT2D eigenvalue weighted by molar-refractivity contribution is 0.0696. The van der Waals surface area contributed by atoms with Crippen molar-refractivity contribution in [2.24, 2.45) is 0 Å². The van der Waals surface area contributed by atoms with Gasteiger partial charge in [-0.15, -0.1) is 0 Å². The standard InChI is InChI=1S/C35H32ClN3O4/c1-37-34(40)24-11-17-30(22-7-13-27(36)14-8-22)26(19-24)21-43-29-15-9-23(10-16-29)33-38-31-20-25(35(41)42)12-18-32(31)39(33)28-5-3-2-4-6-28/h7-20,28H,2-6,21H2,1H3,(H,37,40)(H,41,42). The van der Waals surface area contributed by atoms with Gasteiger partial charge in [0.2, 0.25) is 0 Å². The van der Waals surface area contributed by atoms with Crippen LogP contribution in [0.3, 0.4) is 0 Å². The minimum absolute atomic E-state index is 0.162. The molecule has 1 heterocycles. The number of carbonyl (C=O) groups is 2. The highest BCUT2D eigenvalue weighted by Gasteiger charge is 2.23. The molecule has 1 aliphatic carbocycles. The van der Waals surface area contributed by atoms with E-state index in [2.05, 4.69) is 9.88 Å². The maximum Gasteiger partial charge on any atom is 0.335 e. The molecule has 1 saturated carbocycles. The molecule has 1 fully saturated rings. The van der Waals surface area contributed by atoms with Gasteiger partial charge in [0, 0.05) is 29.2 Å². The number of ether oxygens (including phenoxy) is 1. The number of aromatic carboxylic acids is 1. The van der Waals surface area contributed by atoms with E-state index in [-0.39, 0.29) is 18.1 Å². The van der Waals surface area contributed by atoms with Gasteiger partial charge in [-0.3, -0.25) is 4.79 Å². The number of carboxylic acid groups (broad SMARTS) is 1. The van der Waals surface area contributed by atoms with Crippen molar-refractivity contribution in [3.05, 3.63) is 107 Å². The molecular formula is C35H32ClN3O4.